The molecule has 1 amide bonds. The number of ether oxygens (including phenoxy) is 2. The van der Waals surface area contributed by atoms with Crippen molar-refractivity contribution in [1.29, 1.82) is 0 Å². The molecule has 0 aliphatic rings. The Morgan fingerprint density at radius 3 is 2.24 bits per heavy atom. The minimum Gasteiger partial charge on any atom is -0.497 e. The number of hydrogen-bond acceptors (Lipinski definition) is 4. The summed E-state index contributed by atoms with van der Waals surface area (Å²) in [7, 11) is 3.21. The number of anilines is 1. The van der Waals surface area contributed by atoms with Crippen LogP contribution in [0.15, 0.2) is 42.5 Å². The van der Waals surface area contributed by atoms with Gasteiger partial charge in [0.15, 0.2) is 0 Å². The van der Waals surface area contributed by atoms with Crippen LogP contribution in [0.2, 0.25) is 0 Å². The molecule has 2 aromatic rings. The van der Waals surface area contributed by atoms with Crippen LogP contribution >= 0.6 is 0 Å². The fraction of sp³-hybridized carbons (Fsp3) is 0.350. The Kier molecular flexibility index (Phi) is 6.69. The van der Waals surface area contributed by atoms with Crippen molar-refractivity contribution in [3.05, 3.63) is 53.6 Å². The molecule has 0 atom stereocenters. The second kappa shape index (κ2) is 8.97. The van der Waals surface area contributed by atoms with Gasteiger partial charge >= 0.3 is 0 Å². The molecular weight excluding hydrogens is 316 g/mol. The Bertz CT molecular complexity index is 695. The molecule has 2 rings (SSSR count). The first-order valence-corrected chi connectivity index (χ1v) is 8.47. The molecule has 0 fully saturated rings. The van der Waals surface area contributed by atoms with Gasteiger partial charge in [0.25, 0.3) is 5.91 Å². The molecule has 5 heteroatoms. The van der Waals surface area contributed by atoms with Crippen molar-refractivity contribution in [2.75, 3.05) is 32.2 Å². The number of carbonyl (C=O) groups excluding carboxylic acids is 1. The normalized spacial score (nSPS) is 10.2. The van der Waals surface area contributed by atoms with Crippen LogP contribution in [0.5, 0.6) is 11.5 Å². The number of nitrogens with zero attached hydrogens (tertiary/aromatic N) is 1. The highest BCUT2D eigenvalue weighted by molar-refractivity contribution is 5.94. The van der Waals surface area contributed by atoms with Gasteiger partial charge in [0.2, 0.25) is 0 Å². The van der Waals surface area contributed by atoms with E-state index in [-0.39, 0.29) is 5.91 Å². The van der Waals surface area contributed by atoms with Crippen molar-refractivity contribution in [1.82, 2.24) is 5.32 Å². The summed E-state index contributed by atoms with van der Waals surface area (Å²) in [6.07, 6.45) is 0. The van der Waals surface area contributed by atoms with Crippen molar-refractivity contribution in [2.45, 2.75) is 20.4 Å². The van der Waals surface area contributed by atoms with Crippen molar-refractivity contribution in [2.24, 2.45) is 0 Å². The molecule has 0 saturated carbocycles. The van der Waals surface area contributed by atoms with Gasteiger partial charge < -0.3 is 19.7 Å². The minimum absolute atomic E-state index is 0.107. The van der Waals surface area contributed by atoms with E-state index in [9.17, 15) is 4.79 Å². The average Bonchev–Trinajstić information content (AvgIpc) is 2.67. The summed E-state index contributed by atoms with van der Waals surface area (Å²) in [6.45, 7) is 6.52. The van der Waals surface area contributed by atoms with Crippen LogP contribution in [-0.4, -0.2) is 33.2 Å². The maximum absolute atomic E-state index is 12.4. The van der Waals surface area contributed by atoms with Gasteiger partial charge in [-0.2, -0.15) is 0 Å². The molecule has 0 aliphatic carbocycles. The first-order valence-electron chi connectivity index (χ1n) is 8.47. The average molecular weight is 342 g/mol. The van der Waals surface area contributed by atoms with Gasteiger partial charge in [0.1, 0.15) is 11.5 Å². The van der Waals surface area contributed by atoms with E-state index in [1.165, 1.54) is 0 Å². The summed E-state index contributed by atoms with van der Waals surface area (Å²) in [5.74, 6) is 1.31. The van der Waals surface area contributed by atoms with E-state index in [0.29, 0.717) is 17.9 Å². The van der Waals surface area contributed by atoms with Crippen LogP contribution in [0.4, 0.5) is 5.69 Å². The topological polar surface area (TPSA) is 50.8 Å². The van der Waals surface area contributed by atoms with Gasteiger partial charge in [0, 0.05) is 42.5 Å². The van der Waals surface area contributed by atoms with Gasteiger partial charge in [-0.15, -0.1) is 0 Å². The molecule has 0 bridgehead atoms. The zero-order valence-corrected chi connectivity index (χ0v) is 15.3. The van der Waals surface area contributed by atoms with Crippen LogP contribution in [0.3, 0.4) is 0 Å². The van der Waals surface area contributed by atoms with E-state index in [1.54, 1.807) is 20.3 Å². The van der Waals surface area contributed by atoms with E-state index in [0.717, 1.165) is 30.1 Å². The monoisotopic (exact) mass is 342 g/mol. The molecule has 0 aromatic heterocycles. The van der Waals surface area contributed by atoms with Crippen LogP contribution < -0.4 is 19.7 Å². The van der Waals surface area contributed by atoms with E-state index in [4.69, 9.17) is 9.47 Å². The summed E-state index contributed by atoms with van der Waals surface area (Å²) in [4.78, 5) is 14.6. The highest BCUT2D eigenvalue weighted by atomic mass is 16.5. The molecule has 0 saturated heterocycles. The van der Waals surface area contributed by atoms with Gasteiger partial charge in [0.05, 0.1) is 14.2 Å². The fourth-order valence-corrected chi connectivity index (χ4v) is 2.69. The highest BCUT2D eigenvalue weighted by Gasteiger charge is 2.10. The van der Waals surface area contributed by atoms with Crippen molar-refractivity contribution in [3.63, 3.8) is 0 Å². The second-order valence-corrected chi connectivity index (χ2v) is 5.58. The molecule has 0 radical (unpaired) electrons. The molecule has 0 unspecified atom stereocenters. The van der Waals surface area contributed by atoms with E-state index in [1.807, 2.05) is 36.4 Å². The van der Waals surface area contributed by atoms with Crippen LogP contribution in [-0.2, 0) is 6.54 Å². The highest BCUT2D eigenvalue weighted by Crippen LogP contribution is 2.24. The van der Waals surface area contributed by atoms with Crippen LogP contribution in [0.1, 0.15) is 29.8 Å². The largest absolute Gasteiger partial charge is 0.497 e. The number of methoxy groups -OCH3 is 2. The lowest BCUT2D eigenvalue weighted by Crippen LogP contribution is -2.24. The van der Waals surface area contributed by atoms with Crippen LogP contribution in [0, 0.1) is 0 Å². The molecule has 0 spiro atoms. The fourth-order valence-electron chi connectivity index (χ4n) is 2.69. The third-order valence-electron chi connectivity index (χ3n) is 4.19. The Labute approximate surface area is 149 Å². The van der Waals surface area contributed by atoms with E-state index in [2.05, 4.69) is 24.1 Å². The number of nitrogens with one attached hydrogen (secondary N) is 1. The Hall–Kier alpha value is -2.69. The van der Waals surface area contributed by atoms with Crippen molar-refractivity contribution >= 4 is 11.6 Å². The molecule has 2 aromatic carbocycles. The summed E-state index contributed by atoms with van der Waals surface area (Å²) < 4.78 is 10.5. The minimum atomic E-state index is -0.107. The zero-order chi connectivity index (χ0) is 18.2. The van der Waals surface area contributed by atoms with E-state index < -0.39 is 0 Å². The lowest BCUT2D eigenvalue weighted by atomic mass is 10.1. The molecule has 0 aliphatic heterocycles. The summed E-state index contributed by atoms with van der Waals surface area (Å²) >= 11 is 0. The summed E-state index contributed by atoms with van der Waals surface area (Å²) in [6, 6.07) is 13.2. The molecule has 5 nitrogen and oxygen atoms in total. The molecule has 134 valence electrons. The summed E-state index contributed by atoms with van der Waals surface area (Å²) in [5, 5.41) is 2.93. The number of carbonyl (C=O) groups is 1. The maximum Gasteiger partial charge on any atom is 0.251 e. The number of amides is 1. The second-order valence-electron chi connectivity index (χ2n) is 5.58. The smallest absolute Gasteiger partial charge is 0.251 e. The first-order chi connectivity index (χ1) is 12.1. The number of hydrogen-bond donors (Lipinski definition) is 1. The quantitative estimate of drug-likeness (QED) is 0.798. The maximum atomic E-state index is 12.4. The molecule has 25 heavy (non-hydrogen) atoms. The Balaban J connectivity index is 2.03. The predicted molar refractivity (Wildman–Crippen MR) is 101 cm³/mol. The Morgan fingerprint density at radius 2 is 1.68 bits per heavy atom. The molecule has 0 heterocycles. The predicted octanol–water partition coefficient (Wildman–Crippen LogP) is 3.48. The van der Waals surface area contributed by atoms with Crippen LogP contribution in [0.25, 0.3) is 0 Å². The third-order valence-corrected chi connectivity index (χ3v) is 4.19. The first kappa shape index (κ1) is 18.6. The lowest BCUT2D eigenvalue weighted by Gasteiger charge is -2.21. The van der Waals surface area contributed by atoms with Gasteiger partial charge in [-0.3, -0.25) is 4.79 Å². The SMILES string of the molecule is CCN(CC)c1ccc(C(=O)NCc2ccc(OC)cc2OC)cc1. The summed E-state index contributed by atoms with van der Waals surface area (Å²) in [5.41, 5.74) is 2.66. The molecular formula is C20H26N2O3. The van der Waals surface area contributed by atoms with Crippen molar-refractivity contribution < 1.29 is 14.3 Å². The van der Waals surface area contributed by atoms with Gasteiger partial charge in [-0.1, -0.05) is 0 Å². The zero-order valence-electron chi connectivity index (χ0n) is 15.3. The van der Waals surface area contributed by atoms with E-state index >= 15 is 0 Å². The molecule has 1 N–H and O–H groups in total. The number of benzene rings is 2. The Morgan fingerprint density at radius 1 is 1.00 bits per heavy atom. The lowest BCUT2D eigenvalue weighted by molar-refractivity contribution is 0.0950. The number of rotatable bonds is 8. The third kappa shape index (κ3) is 4.66. The standard InChI is InChI=1S/C20H26N2O3/c1-5-22(6-2)17-10-7-15(8-11-17)20(23)21-14-16-9-12-18(24-3)13-19(16)25-4/h7-13H,5-6,14H2,1-4H3,(H,21,23). The van der Waals surface area contributed by atoms with Crippen molar-refractivity contribution in [3.8, 4) is 11.5 Å². The van der Waals surface area contributed by atoms with Gasteiger partial charge in [-0.05, 0) is 50.2 Å². The van der Waals surface area contributed by atoms with Gasteiger partial charge in [-0.25, -0.2) is 0 Å².